The Labute approximate surface area is 88.5 Å². The van der Waals surface area contributed by atoms with Crippen LogP contribution in [0.5, 0.6) is 0 Å². The van der Waals surface area contributed by atoms with Crippen molar-refractivity contribution in [2.75, 3.05) is 7.05 Å². The molecule has 2 rings (SSSR count). The second-order valence-electron chi connectivity index (χ2n) is 3.59. The van der Waals surface area contributed by atoms with E-state index in [-0.39, 0.29) is 5.03 Å². The number of sulfonamides is 1. The van der Waals surface area contributed by atoms with E-state index in [4.69, 9.17) is 0 Å². The molecule has 0 saturated heterocycles. The molecule has 15 heavy (non-hydrogen) atoms. The van der Waals surface area contributed by atoms with Crippen LogP contribution in [0, 0.1) is 0 Å². The van der Waals surface area contributed by atoms with E-state index in [0.717, 1.165) is 0 Å². The average Bonchev–Trinajstić information content (AvgIpc) is 2.92. The molecule has 0 unspecified atom stereocenters. The average molecular weight is 230 g/mol. The number of nitrogens with zero attached hydrogens (tertiary/aromatic N) is 1. The first-order valence-electron chi connectivity index (χ1n) is 4.82. The van der Waals surface area contributed by atoms with Gasteiger partial charge in [-0.05, 0) is 19.9 Å². The Morgan fingerprint density at radius 2 is 2.33 bits per heavy atom. The molecular formula is C8H14N4O2S. The lowest BCUT2D eigenvalue weighted by Gasteiger charge is -2.04. The molecular weight excluding hydrogens is 216 g/mol. The SMILES string of the molecule is CNS(=O)(=O)c1[nH]ncc1CNC1CC1. The van der Waals surface area contributed by atoms with E-state index < -0.39 is 10.0 Å². The molecule has 1 aromatic heterocycles. The molecule has 1 aliphatic rings. The van der Waals surface area contributed by atoms with Crippen molar-refractivity contribution in [1.82, 2.24) is 20.2 Å². The summed E-state index contributed by atoms with van der Waals surface area (Å²) in [6, 6.07) is 0.546. The van der Waals surface area contributed by atoms with Gasteiger partial charge in [0, 0.05) is 18.2 Å². The van der Waals surface area contributed by atoms with Crippen molar-refractivity contribution in [3.05, 3.63) is 11.8 Å². The Kier molecular flexibility index (Phi) is 2.76. The minimum atomic E-state index is -3.42. The molecule has 1 aliphatic carbocycles. The van der Waals surface area contributed by atoms with Gasteiger partial charge in [-0.15, -0.1) is 0 Å². The van der Waals surface area contributed by atoms with Crippen LogP contribution in [-0.2, 0) is 16.6 Å². The second kappa shape index (κ2) is 3.92. The van der Waals surface area contributed by atoms with Crippen LogP contribution in [0.3, 0.4) is 0 Å². The molecule has 0 radical (unpaired) electrons. The number of hydrogen-bond acceptors (Lipinski definition) is 4. The van der Waals surface area contributed by atoms with E-state index in [1.165, 1.54) is 19.9 Å². The monoisotopic (exact) mass is 230 g/mol. The molecule has 84 valence electrons. The van der Waals surface area contributed by atoms with Gasteiger partial charge >= 0.3 is 0 Å². The van der Waals surface area contributed by atoms with Gasteiger partial charge < -0.3 is 5.32 Å². The summed E-state index contributed by atoms with van der Waals surface area (Å²) in [4.78, 5) is 0. The number of aromatic amines is 1. The summed E-state index contributed by atoms with van der Waals surface area (Å²) in [6.45, 7) is 0.539. The largest absolute Gasteiger partial charge is 0.310 e. The molecule has 1 aromatic rings. The molecule has 1 saturated carbocycles. The fraction of sp³-hybridized carbons (Fsp3) is 0.625. The first kappa shape index (κ1) is 10.6. The Morgan fingerprint density at radius 3 is 2.93 bits per heavy atom. The first-order chi connectivity index (χ1) is 7.13. The maximum Gasteiger partial charge on any atom is 0.257 e. The molecule has 0 aromatic carbocycles. The number of aromatic nitrogens is 2. The van der Waals surface area contributed by atoms with Gasteiger partial charge in [0.25, 0.3) is 10.0 Å². The highest BCUT2D eigenvalue weighted by Gasteiger charge is 2.23. The van der Waals surface area contributed by atoms with Gasteiger partial charge in [0.15, 0.2) is 5.03 Å². The topological polar surface area (TPSA) is 86.9 Å². The summed E-state index contributed by atoms with van der Waals surface area (Å²) in [7, 11) is -2.04. The smallest absolute Gasteiger partial charge is 0.257 e. The predicted octanol–water partition coefficient (Wildman–Crippen LogP) is -0.430. The zero-order chi connectivity index (χ0) is 10.9. The number of nitrogens with one attached hydrogen (secondary N) is 3. The fourth-order valence-electron chi connectivity index (χ4n) is 1.30. The van der Waals surface area contributed by atoms with Crippen molar-refractivity contribution in [1.29, 1.82) is 0 Å². The van der Waals surface area contributed by atoms with Crippen molar-refractivity contribution < 1.29 is 8.42 Å². The van der Waals surface area contributed by atoms with Gasteiger partial charge in [0.1, 0.15) is 0 Å². The number of rotatable bonds is 5. The lowest BCUT2D eigenvalue weighted by Crippen LogP contribution is -2.22. The van der Waals surface area contributed by atoms with Crippen molar-refractivity contribution in [3.8, 4) is 0 Å². The Bertz CT molecular complexity index is 435. The Hall–Kier alpha value is -0.920. The summed E-state index contributed by atoms with van der Waals surface area (Å²) in [5, 5.41) is 9.65. The third-order valence-electron chi connectivity index (χ3n) is 2.37. The van der Waals surface area contributed by atoms with Crippen molar-refractivity contribution in [2.45, 2.75) is 30.5 Å². The zero-order valence-electron chi connectivity index (χ0n) is 8.45. The molecule has 7 heteroatoms. The van der Waals surface area contributed by atoms with Gasteiger partial charge in [-0.3, -0.25) is 5.10 Å². The van der Waals surface area contributed by atoms with Gasteiger partial charge in [-0.2, -0.15) is 5.10 Å². The Morgan fingerprint density at radius 1 is 1.60 bits per heavy atom. The van der Waals surface area contributed by atoms with E-state index in [2.05, 4.69) is 20.2 Å². The summed E-state index contributed by atoms with van der Waals surface area (Å²) in [6.07, 6.45) is 3.89. The van der Waals surface area contributed by atoms with Crippen LogP contribution in [0.2, 0.25) is 0 Å². The van der Waals surface area contributed by atoms with Crippen LogP contribution >= 0.6 is 0 Å². The fourth-order valence-corrected chi connectivity index (χ4v) is 2.15. The van der Waals surface area contributed by atoms with Crippen LogP contribution in [0.15, 0.2) is 11.2 Å². The highest BCUT2D eigenvalue weighted by molar-refractivity contribution is 7.89. The molecule has 0 amide bonds. The standard InChI is InChI=1S/C8H14N4O2S/c1-9-15(13,14)8-6(5-11-12-8)4-10-7-2-3-7/h5,7,9-10H,2-4H2,1H3,(H,11,12). The summed E-state index contributed by atoms with van der Waals surface area (Å²) in [5.74, 6) is 0. The maximum absolute atomic E-state index is 11.5. The minimum absolute atomic E-state index is 0.151. The van der Waals surface area contributed by atoms with E-state index in [1.54, 1.807) is 6.20 Å². The summed E-state index contributed by atoms with van der Waals surface area (Å²) >= 11 is 0. The zero-order valence-corrected chi connectivity index (χ0v) is 9.26. The molecule has 0 bridgehead atoms. The lowest BCUT2D eigenvalue weighted by molar-refractivity contribution is 0.580. The van der Waals surface area contributed by atoms with Crippen LogP contribution in [0.25, 0.3) is 0 Å². The third-order valence-corrected chi connectivity index (χ3v) is 3.80. The highest BCUT2D eigenvalue weighted by Crippen LogP contribution is 2.20. The highest BCUT2D eigenvalue weighted by atomic mass is 32.2. The normalized spacial score (nSPS) is 16.9. The molecule has 0 aliphatic heterocycles. The number of hydrogen-bond donors (Lipinski definition) is 3. The summed E-state index contributed by atoms with van der Waals surface area (Å²) < 4.78 is 25.3. The minimum Gasteiger partial charge on any atom is -0.310 e. The molecule has 0 atom stereocenters. The molecule has 6 nitrogen and oxygen atoms in total. The maximum atomic E-state index is 11.5. The molecule has 0 spiro atoms. The molecule has 1 heterocycles. The number of H-pyrrole nitrogens is 1. The van der Waals surface area contributed by atoms with Crippen LogP contribution in [-0.4, -0.2) is 31.7 Å². The molecule has 1 fully saturated rings. The van der Waals surface area contributed by atoms with Gasteiger partial charge in [-0.25, -0.2) is 13.1 Å². The Balaban J connectivity index is 2.13. The lowest BCUT2D eigenvalue weighted by atomic mass is 10.3. The van der Waals surface area contributed by atoms with Crippen molar-refractivity contribution in [3.63, 3.8) is 0 Å². The van der Waals surface area contributed by atoms with Crippen molar-refractivity contribution >= 4 is 10.0 Å². The predicted molar refractivity (Wildman–Crippen MR) is 54.7 cm³/mol. The van der Waals surface area contributed by atoms with E-state index in [0.29, 0.717) is 18.2 Å². The van der Waals surface area contributed by atoms with Gasteiger partial charge in [0.05, 0.1) is 6.20 Å². The van der Waals surface area contributed by atoms with E-state index in [9.17, 15) is 8.42 Å². The molecule has 3 N–H and O–H groups in total. The third kappa shape index (κ3) is 2.36. The summed E-state index contributed by atoms with van der Waals surface area (Å²) in [5.41, 5.74) is 0.677. The van der Waals surface area contributed by atoms with Gasteiger partial charge in [0.2, 0.25) is 0 Å². The van der Waals surface area contributed by atoms with E-state index >= 15 is 0 Å². The van der Waals surface area contributed by atoms with Crippen molar-refractivity contribution in [2.24, 2.45) is 0 Å². The van der Waals surface area contributed by atoms with Crippen LogP contribution in [0.4, 0.5) is 0 Å². The van der Waals surface area contributed by atoms with Crippen LogP contribution in [0.1, 0.15) is 18.4 Å². The van der Waals surface area contributed by atoms with Gasteiger partial charge in [-0.1, -0.05) is 0 Å². The first-order valence-corrected chi connectivity index (χ1v) is 6.31. The quantitative estimate of drug-likeness (QED) is 0.640. The van der Waals surface area contributed by atoms with E-state index in [1.807, 2.05) is 0 Å². The second-order valence-corrected chi connectivity index (χ2v) is 5.41. The van der Waals surface area contributed by atoms with Crippen LogP contribution < -0.4 is 10.0 Å².